The normalized spacial score (nSPS) is 21.6. The van der Waals surface area contributed by atoms with E-state index in [1.165, 1.54) is 7.11 Å². The molecule has 0 spiro atoms. The number of likely N-dealkylation sites (tertiary alicyclic amines) is 1. The number of carbonyl (C=O) groups excluding carboxylic acids is 2. The Balaban J connectivity index is 2.38. The highest BCUT2D eigenvalue weighted by Gasteiger charge is 2.48. The molecule has 1 heterocycles. The van der Waals surface area contributed by atoms with Crippen LogP contribution in [0.4, 0.5) is 0 Å². The lowest BCUT2D eigenvalue weighted by atomic mass is 9.95. The maximum atomic E-state index is 12.8. The summed E-state index contributed by atoms with van der Waals surface area (Å²) in [4.78, 5) is 26.3. The maximum absolute atomic E-state index is 12.8. The van der Waals surface area contributed by atoms with Gasteiger partial charge in [-0.2, -0.15) is 0 Å². The number of halogens is 1. The zero-order valence-corrected chi connectivity index (χ0v) is 13.8. The minimum atomic E-state index is -1.04. The Morgan fingerprint density at radius 1 is 1.43 bits per heavy atom. The average molecular weight is 355 g/mol. The van der Waals surface area contributed by atoms with Gasteiger partial charge >= 0.3 is 0 Å². The standard InChI is InChI=1S/C15H19BrN2O3/c1-10-6-11(8-12(16)7-10)13(19)18-5-3-4-15(18,9-21-2)14(17)20/h6-8H,3-5,9H2,1-2H3,(H2,17,20). The van der Waals surface area contributed by atoms with Crippen molar-refractivity contribution in [2.45, 2.75) is 25.3 Å². The molecular weight excluding hydrogens is 336 g/mol. The first-order chi connectivity index (χ1) is 9.90. The van der Waals surface area contributed by atoms with E-state index in [1.807, 2.05) is 19.1 Å². The molecule has 1 unspecified atom stereocenters. The number of amides is 2. The van der Waals surface area contributed by atoms with Crippen molar-refractivity contribution in [1.82, 2.24) is 4.90 Å². The molecule has 2 rings (SSSR count). The summed E-state index contributed by atoms with van der Waals surface area (Å²) in [5.41, 5.74) is 6.05. The zero-order valence-electron chi connectivity index (χ0n) is 12.2. The van der Waals surface area contributed by atoms with Crippen molar-refractivity contribution >= 4 is 27.7 Å². The molecule has 0 saturated carbocycles. The van der Waals surface area contributed by atoms with Crippen molar-refractivity contribution in [3.63, 3.8) is 0 Å². The predicted molar refractivity (Wildman–Crippen MR) is 83.0 cm³/mol. The number of nitrogens with two attached hydrogens (primary N) is 1. The first-order valence-electron chi connectivity index (χ1n) is 6.79. The van der Waals surface area contributed by atoms with Gasteiger partial charge in [0.15, 0.2) is 0 Å². The van der Waals surface area contributed by atoms with E-state index >= 15 is 0 Å². The van der Waals surface area contributed by atoms with E-state index in [9.17, 15) is 9.59 Å². The highest BCUT2D eigenvalue weighted by Crippen LogP contribution is 2.31. The van der Waals surface area contributed by atoms with Crippen LogP contribution in [0, 0.1) is 6.92 Å². The number of carbonyl (C=O) groups is 2. The van der Waals surface area contributed by atoms with Crippen LogP contribution in [0.15, 0.2) is 22.7 Å². The third-order valence-corrected chi connectivity index (χ3v) is 4.32. The fraction of sp³-hybridized carbons (Fsp3) is 0.467. The first kappa shape index (κ1) is 16.0. The lowest BCUT2D eigenvalue weighted by Crippen LogP contribution is -2.58. The summed E-state index contributed by atoms with van der Waals surface area (Å²) in [7, 11) is 1.51. The summed E-state index contributed by atoms with van der Waals surface area (Å²) in [6, 6.07) is 5.49. The van der Waals surface area contributed by atoms with E-state index in [0.717, 1.165) is 16.5 Å². The highest BCUT2D eigenvalue weighted by atomic mass is 79.9. The van der Waals surface area contributed by atoms with Crippen LogP contribution >= 0.6 is 15.9 Å². The lowest BCUT2D eigenvalue weighted by Gasteiger charge is -2.35. The van der Waals surface area contributed by atoms with Gasteiger partial charge in [-0.3, -0.25) is 9.59 Å². The molecule has 2 amide bonds. The molecule has 2 N–H and O–H groups in total. The number of hydrogen-bond donors (Lipinski definition) is 1. The van der Waals surface area contributed by atoms with Crippen LogP contribution in [0.5, 0.6) is 0 Å². The minimum Gasteiger partial charge on any atom is -0.382 e. The van der Waals surface area contributed by atoms with E-state index in [1.54, 1.807) is 11.0 Å². The summed E-state index contributed by atoms with van der Waals surface area (Å²) in [6.07, 6.45) is 1.28. The van der Waals surface area contributed by atoms with Gasteiger partial charge in [0, 0.05) is 23.7 Å². The molecule has 1 aromatic carbocycles. The summed E-state index contributed by atoms with van der Waals surface area (Å²) in [5.74, 6) is -0.699. The Morgan fingerprint density at radius 3 is 2.71 bits per heavy atom. The molecule has 5 nitrogen and oxygen atoms in total. The van der Waals surface area contributed by atoms with E-state index in [2.05, 4.69) is 15.9 Å². The Labute approximate surface area is 132 Å². The monoisotopic (exact) mass is 354 g/mol. The van der Waals surface area contributed by atoms with Crippen molar-refractivity contribution in [1.29, 1.82) is 0 Å². The Hall–Kier alpha value is -1.40. The van der Waals surface area contributed by atoms with Gasteiger partial charge < -0.3 is 15.4 Å². The van der Waals surface area contributed by atoms with Crippen LogP contribution in [-0.4, -0.2) is 42.5 Å². The van der Waals surface area contributed by atoms with Gasteiger partial charge in [-0.25, -0.2) is 0 Å². The molecule has 0 radical (unpaired) electrons. The first-order valence-corrected chi connectivity index (χ1v) is 7.58. The molecule has 1 saturated heterocycles. The molecule has 114 valence electrons. The van der Waals surface area contributed by atoms with Crippen LogP contribution in [0.2, 0.25) is 0 Å². The number of ether oxygens (including phenoxy) is 1. The van der Waals surface area contributed by atoms with Crippen LogP contribution < -0.4 is 5.73 Å². The Morgan fingerprint density at radius 2 is 2.14 bits per heavy atom. The minimum absolute atomic E-state index is 0.126. The van der Waals surface area contributed by atoms with Gasteiger partial charge in [-0.1, -0.05) is 15.9 Å². The lowest BCUT2D eigenvalue weighted by molar-refractivity contribution is -0.130. The van der Waals surface area contributed by atoms with Crippen molar-refractivity contribution in [2.75, 3.05) is 20.3 Å². The fourth-order valence-corrected chi connectivity index (χ4v) is 3.51. The van der Waals surface area contributed by atoms with E-state index in [4.69, 9.17) is 10.5 Å². The summed E-state index contributed by atoms with van der Waals surface area (Å²) >= 11 is 3.39. The molecule has 1 aromatic rings. The van der Waals surface area contributed by atoms with E-state index < -0.39 is 11.4 Å². The van der Waals surface area contributed by atoms with E-state index in [-0.39, 0.29) is 12.5 Å². The molecule has 0 bridgehead atoms. The summed E-state index contributed by atoms with van der Waals surface area (Å²) in [6.45, 7) is 2.56. The fourth-order valence-electron chi connectivity index (χ4n) is 2.91. The smallest absolute Gasteiger partial charge is 0.254 e. The summed E-state index contributed by atoms with van der Waals surface area (Å²) < 4.78 is 5.98. The quantitative estimate of drug-likeness (QED) is 0.896. The number of nitrogens with zero attached hydrogens (tertiary/aromatic N) is 1. The second-order valence-electron chi connectivity index (χ2n) is 5.41. The van der Waals surface area contributed by atoms with Crippen molar-refractivity contribution < 1.29 is 14.3 Å². The number of benzene rings is 1. The topological polar surface area (TPSA) is 72.6 Å². The maximum Gasteiger partial charge on any atom is 0.254 e. The van der Waals surface area contributed by atoms with Gasteiger partial charge in [0.05, 0.1) is 6.61 Å². The number of aryl methyl sites for hydroxylation is 1. The SMILES string of the molecule is COCC1(C(N)=O)CCCN1C(=O)c1cc(C)cc(Br)c1. The Bertz CT molecular complexity index is 556. The second kappa shape index (κ2) is 6.15. The molecule has 0 aliphatic carbocycles. The molecule has 0 aromatic heterocycles. The van der Waals surface area contributed by atoms with Crippen molar-refractivity contribution in [2.24, 2.45) is 5.73 Å². The number of rotatable bonds is 4. The molecule has 1 aliphatic rings. The number of hydrogen-bond acceptors (Lipinski definition) is 3. The largest absolute Gasteiger partial charge is 0.382 e. The molecule has 1 aliphatic heterocycles. The molecule has 1 atom stereocenters. The second-order valence-corrected chi connectivity index (χ2v) is 6.32. The van der Waals surface area contributed by atoms with Gasteiger partial charge in [-0.05, 0) is 43.5 Å². The van der Waals surface area contributed by atoms with Crippen molar-refractivity contribution in [3.05, 3.63) is 33.8 Å². The van der Waals surface area contributed by atoms with E-state index in [0.29, 0.717) is 18.5 Å². The van der Waals surface area contributed by atoms with Crippen LogP contribution in [0.25, 0.3) is 0 Å². The molecule has 1 fully saturated rings. The van der Waals surface area contributed by atoms with Gasteiger partial charge in [0.25, 0.3) is 5.91 Å². The van der Waals surface area contributed by atoms with Crippen LogP contribution in [0.3, 0.4) is 0 Å². The van der Waals surface area contributed by atoms with Crippen molar-refractivity contribution in [3.8, 4) is 0 Å². The molecule has 21 heavy (non-hydrogen) atoms. The van der Waals surface area contributed by atoms with Gasteiger partial charge in [0.1, 0.15) is 5.54 Å². The van der Waals surface area contributed by atoms with Crippen LogP contribution in [0.1, 0.15) is 28.8 Å². The molecule has 6 heteroatoms. The third kappa shape index (κ3) is 2.96. The summed E-state index contributed by atoms with van der Waals surface area (Å²) in [5, 5.41) is 0. The number of primary amides is 1. The van der Waals surface area contributed by atoms with Gasteiger partial charge in [-0.15, -0.1) is 0 Å². The zero-order chi connectivity index (χ0) is 15.6. The Kier molecular flexibility index (Phi) is 4.68. The van der Waals surface area contributed by atoms with Gasteiger partial charge in [0.2, 0.25) is 5.91 Å². The number of methoxy groups -OCH3 is 1. The highest BCUT2D eigenvalue weighted by molar-refractivity contribution is 9.10. The predicted octanol–water partition coefficient (Wildman–Crippen LogP) is 1.86. The average Bonchev–Trinajstić information content (AvgIpc) is 2.82. The molecular formula is C15H19BrN2O3. The third-order valence-electron chi connectivity index (χ3n) is 3.86. The van der Waals surface area contributed by atoms with Crippen LogP contribution in [-0.2, 0) is 9.53 Å².